The molecule has 2 rings (SSSR count). The monoisotopic (exact) mass is 470 g/mol. The number of ether oxygens (including phenoxy) is 1. The van der Waals surface area contributed by atoms with E-state index in [0.717, 1.165) is 47.7 Å². The predicted octanol–water partition coefficient (Wildman–Crippen LogP) is 6.92. The highest BCUT2D eigenvalue weighted by atomic mass is 28.3. The molecule has 1 aromatic rings. The van der Waals surface area contributed by atoms with Crippen LogP contribution in [0.25, 0.3) is 0 Å². The van der Waals surface area contributed by atoms with Crippen LogP contribution in [-0.4, -0.2) is 25.6 Å². The molecule has 0 aliphatic heterocycles. The van der Waals surface area contributed by atoms with E-state index in [4.69, 9.17) is 4.74 Å². The Kier molecular flexibility index (Phi) is 10.5. The van der Waals surface area contributed by atoms with E-state index >= 15 is 0 Å². The first-order valence-electron chi connectivity index (χ1n) is 11.6. The highest BCUT2D eigenvalue weighted by molar-refractivity contribution is 6.82. The molecule has 0 fully saturated rings. The quantitative estimate of drug-likeness (QED) is 0.153. The molecule has 0 saturated heterocycles. The van der Waals surface area contributed by atoms with Crippen molar-refractivity contribution in [3.05, 3.63) is 109 Å². The van der Waals surface area contributed by atoms with Gasteiger partial charge in [0.15, 0.2) is 5.78 Å². The van der Waals surface area contributed by atoms with Crippen molar-refractivity contribution in [2.24, 2.45) is 0 Å². The molecule has 1 aliphatic carbocycles. The third-order valence-electron chi connectivity index (χ3n) is 6.09. The number of rotatable bonds is 11. The van der Waals surface area contributed by atoms with Gasteiger partial charge in [-0.15, -0.1) is 19.7 Å². The molecule has 0 heterocycles. The first kappa shape index (κ1) is 26.8. The summed E-state index contributed by atoms with van der Waals surface area (Å²) < 4.78 is 5.91. The second-order valence-electron chi connectivity index (χ2n) is 8.55. The van der Waals surface area contributed by atoms with Crippen LogP contribution in [0.2, 0.25) is 18.1 Å². The average molecular weight is 471 g/mol. The maximum atomic E-state index is 12.9. The fraction of sp³-hybridized carbons (Fsp3) is 0.267. The van der Waals surface area contributed by atoms with E-state index in [1.165, 1.54) is 0 Å². The molecule has 176 valence electrons. The summed E-state index contributed by atoms with van der Waals surface area (Å²) in [5, 5.41) is 0. The number of ketones is 1. The van der Waals surface area contributed by atoms with Gasteiger partial charge in [0.1, 0.15) is 13.8 Å². The summed E-state index contributed by atoms with van der Waals surface area (Å²) in [5.41, 5.74) is 2.76. The van der Waals surface area contributed by atoms with Gasteiger partial charge in [0.05, 0.1) is 5.56 Å². The average Bonchev–Trinajstić information content (AvgIpc) is 2.82. The van der Waals surface area contributed by atoms with Gasteiger partial charge in [0.2, 0.25) is 0 Å². The fourth-order valence-corrected chi connectivity index (χ4v) is 8.04. The van der Waals surface area contributed by atoms with Crippen LogP contribution in [0.3, 0.4) is 0 Å². The van der Waals surface area contributed by atoms with E-state index in [-0.39, 0.29) is 11.5 Å². The highest BCUT2D eigenvalue weighted by Crippen LogP contribution is 2.30. The third-order valence-corrected chi connectivity index (χ3v) is 11.0. The molecule has 1 aromatic carbocycles. The van der Waals surface area contributed by atoms with Gasteiger partial charge in [0.25, 0.3) is 0 Å². The van der Waals surface area contributed by atoms with Gasteiger partial charge in [-0.05, 0) is 74.3 Å². The normalized spacial score (nSPS) is 14.7. The second-order valence-corrected chi connectivity index (χ2v) is 13.1. The molecule has 0 bridgehead atoms. The van der Waals surface area contributed by atoms with Crippen molar-refractivity contribution in [1.29, 1.82) is 0 Å². The molecule has 34 heavy (non-hydrogen) atoms. The number of hydrogen-bond donors (Lipinski definition) is 0. The second kappa shape index (κ2) is 13.3. The smallest absolute Gasteiger partial charge is 0.338 e. The zero-order chi connectivity index (χ0) is 25.0. The Hall–Kier alpha value is -3.42. The number of hydrogen-bond acceptors (Lipinski definition) is 3. The first-order valence-corrected chi connectivity index (χ1v) is 14.3. The van der Waals surface area contributed by atoms with Gasteiger partial charge in [-0.2, -0.15) is 0 Å². The maximum absolute atomic E-state index is 12.9. The van der Waals surface area contributed by atoms with Crippen molar-refractivity contribution >= 4 is 19.8 Å². The predicted molar refractivity (Wildman–Crippen MR) is 144 cm³/mol. The molecule has 0 saturated carbocycles. The van der Waals surface area contributed by atoms with E-state index in [0.29, 0.717) is 12.0 Å². The van der Waals surface area contributed by atoms with Crippen molar-refractivity contribution < 1.29 is 14.3 Å². The lowest BCUT2D eigenvalue weighted by Gasteiger charge is -2.34. The molecule has 3 nitrogen and oxygen atoms in total. The Labute approximate surface area is 205 Å². The summed E-state index contributed by atoms with van der Waals surface area (Å²) in [4.78, 5) is 24.9. The topological polar surface area (TPSA) is 43.4 Å². The Morgan fingerprint density at radius 3 is 2.21 bits per heavy atom. The van der Waals surface area contributed by atoms with Gasteiger partial charge < -0.3 is 4.74 Å². The summed E-state index contributed by atoms with van der Waals surface area (Å²) in [6, 6.07) is 9.34. The van der Waals surface area contributed by atoms with E-state index in [2.05, 4.69) is 38.2 Å². The molecule has 1 unspecified atom stereocenters. The lowest BCUT2D eigenvalue weighted by atomic mass is 9.91. The molecule has 1 aliphatic rings. The summed E-state index contributed by atoms with van der Waals surface area (Å²) in [7, 11) is -2.15. The Morgan fingerprint density at radius 1 is 1.06 bits per heavy atom. The van der Waals surface area contributed by atoms with Crippen molar-refractivity contribution in [2.45, 2.75) is 50.0 Å². The molecule has 4 heteroatoms. The van der Waals surface area contributed by atoms with Gasteiger partial charge in [-0.1, -0.05) is 48.3 Å². The molecule has 0 amide bonds. The van der Waals surface area contributed by atoms with Crippen LogP contribution >= 0.6 is 0 Å². The standard InChI is InChI=1S/C30H34O3Si/c1-6-21-34(22-7-2,23-8-3)29(9-4)33-30(32)26-19-17-25(18-20-26)14-10-11-15-27-24(5)13-12-16-28(27)31/h6-9,11,15,17-20,29H,1-4,12-13,16,21-23H2,5H3. The van der Waals surface area contributed by atoms with E-state index in [1.807, 2.05) is 25.2 Å². The van der Waals surface area contributed by atoms with Crippen molar-refractivity contribution in [2.75, 3.05) is 0 Å². The minimum Gasteiger partial charge on any atom is -0.459 e. The van der Waals surface area contributed by atoms with Crippen molar-refractivity contribution in [3.8, 4) is 11.8 Å². The van der Waals surface area contributed by atoms with Gasteiger partial charge in [0, 0.05) is 17.6 Å². The van der Waals surface area contributed by atoms with Crippen LogP contribution < -0.4 is 0 Å². The van der Waals surface area contributed by atoms with Crippen molar-refractivity contribution in [3.63, 3.8) is 0 Å². The lowest BCUT2D eigenvalue weighted by molar-refractivity contribution is -0.115. The van der Waals surface area contributed by atoms with Crippen LogP contribution in [0, 0.1) is 11.8 Å². The summed E-state index contributed by atoms with van der Waals surface area (Å²) >= 11 is 0. The number of Topliss-reactive ketones (excluding diaryl/α,β-unsaturated/α-hetero) is 1. The number of benzene rings is 1. The molecular formula is C30H34O3Si. The minimum atomic E-state index is -2.15. The number of allylic oxidation sites excluding steroid dienone is 7. The molecule has 0 aromatic heterocycles. The van der Waals surface area contributed by atoms with Crippen LogP contribution in [-0.2, 0) is 9.53 Å². The van der Waals surface area contributed by atoms with Crippen LogP contribution in [0.5, 0.6) is 0 Å². The molecule has 1 atom stereocenters. The summed E-state index contributed by atoms with van der Waals surface area (Å²) in [5.74, 6) is 5.81. The van der Waals surface area contributed by atoms with Crippen molar-refractivity contribution in [1.82, 2.24) is 0 Å². The molecular weight excluding hydrogens is 436 g/mol. The molecule has 0 N–H and O–H groups in total. The minimum absolute atomic E-state index is 0.184. The third kappa shape index (κ3) is 7.04. The van der Waals surface area contributed by atoms with Gasteiger partial charge in [-0.25, -0.2) is 4.79 Å². The van der Waals surface area contributed by atoms with E-state index < -0.39 is 14.0 Å². The zero-order valence-electron chi connectivity index (χ0n) is 20.1. The Bertz CT molecular complexity index is 1030. The Morgan fingerprint density at radius 2 is 1.68 bits per heavy atom. The summed E-state index contributed by atoms with van der Waals surface area (Å²) in [6.07, 6.45) is 13.4. The number of carbonyl (C=O) groups excluding carboxylic acids is 2. The van der Waals surface area contributed by atoms with Crippen LogP contribution in [0.1, 0.15) is 42.1 Å². The summed E-state index contributed by atoms with van der Waals surface area (Å²) in [6.45, 7) is 17.6. The molecule has 0 spiro atoms. The Balaban J connectivity index is 2.12. The van der Waals surface area contributed by atoms with Gasteiger partial charge >= 0.3 is 5.97 Å². The highest BCUT2D eigenvalue weighted by Gasteiger charge is 2.39. The number of carbonyl (C=O) groups is 2. The van der Waals surface area contributed by atoms with Gasteiger partial charge in [-0.3, -0.25) is 4.79 Å². The number of esters is 1. The maximum Gasteiger partial charge on any atom is 0.338 e. The zero-order valence-corrected chi connectivity index (χ0v) is 21.1. The molecule has 0 radical (unpaired) electrons. The lowest BCUT2D eigenvalue weighted by Crippen LogP contribution is -2.47. The largest absolute Gasteiger partial charge is 0.459 e. The SMILES string of the molecule is C=CC[Si](CC=C)(CC=C)C(C=C)OC(=O)c1ccc(C#CC=CC2=C(C)CCCC2=O)cc1. The van der Waals surface area contributed by atoms with E-state index in [9.17, 15) is 9.59 Å². The van der Waals surface area contributed by atoms with Crippen LogP contribution in [0.15, 0.2) is 98.2 Å². The first-order chi connectivity index (χ1) is 16.4. The fourth-order valence-electron chi connectivity index (χ4n) is 4.26. The van der Waals surface area contributed by atoms with E-state index in [1.54, 1.807) is 42.5 Å². The van der Waals surface area contributed by atoms with Crippen LogP contribution in [0.4, 0.5) is 0 Å².